The third kappa shape index (κ3) is 4.15. The van der Waals surface area contributed by atoms with Gasteiger partial charge in [0.1, 0.15) is 0 Å². The lowest BCUT2D eigenvalue weighted by Gasteiger charge is -2.19. The molecule has 7 nitrogen and oxygen atoms in total. The number of ether oxygens (including phenoxy) is 1. The van der Waals surface area contributed by atoms with E-state index in [2.05, 4.69) is 5.32 Å². The first-order chi connectivity index (χ1) is 15.3. The number of rotatable bonds is 5. The van der Waals surface area contributed by atoms with Gasteiger partial charge in [0.05, 0.1) is 15.4 Å². The number of amides is 1. The Morgan fingerprint density at radius 1 is 0.906 bits per heavy atom. The van der Waals surface area contributed by atoms with Crippen molar-refractivity contribution in [2.45, 2.75) is 16.3 Å². The number of sulfone groups is 1. The van der Waals surface area contributed by atoms with Crippen LogP contribution in [-0.4, -0.2) is 32.7 Å². The predicted octanol–water partition coefficient (Wildman–Crippen LogP) is 3.19. The summed E-state index contributed by atoms with van der Waals surface area (Å²) in [6.07, 6.45) is 0. The standard InChI is InChI=1S/C23H16ClNO6S/c24-16-8-5-14(6-9-16)12-25-21(26)13-31-23(28)15-7-10-18-20(11-15)32(29,30)19-4-2-1-3-17(19)22(18)27/h1-11H,12-13H2,(H,25,26). The second-order valence-electron chi connectivity index (χ2n) is 7.02. The summed E-state index contributed by atoms with van der Waals surface area (Å²) in [5.74, 6) is -1.84. The molecule has 1 heterocycles. The van der Waals surface area contributed by atoms with Crippen LogP contribution in [0.3, 0.4) is 0 Å². The van der Waals surface area contributed by atoms with E-state index in [9.17, 15) is 22.8 Å². The van der Waals surface area contributed by atoms with Crippen LogP contribution in [-0.2, 0) is 25.9 Å². The molecule has 1 N–H and O–H groups in total. The quantitative estimate of drug-likeness (QED) is 0.450. The van der Waals surface area contributed by atoms with Crippen molar-refractivity contribution in [1.29, 1.82) is 0 Å². The minimum atomic E-state index is -3.98. The molecule has 0 unspecified atom stereocenters. The average molecular weight is 470 g/mol. The second kappa shape index (κ2) is 8.57. The highest BCUT2D eigenvalue weighted by Gasteiger charge is 2.35. The Kier molecular flexibility index (Phi) is 5.82. The molecule has 0 bridgehead atoms. The molecule has 1 aliphatic heterocycles. The van der Waals surface area contributed by atoms with Gasteiger partial charge in [-0.2, -0.15) is 0 Å². The molecule has 0 fully saturated rings. The molecule has 3 aromatic carbocycles. The van der Waals surface area contributed by atoms with E-state index in [0.29, 0.717) is 5.02 Å². The molecule has 1 amide bonds. The zero-order valence-electron chi connectivity index (χ0n) is 16.5. The first kappa shape index (κ1) is 21.7. The second-order valence-corrected chi connectivity index (χ2v) is 9.34. The summed E-state index contributed by atoms with van der Waals surface area (Å²) >= 11 is 5.81. The van der Waals surface area contributed by atoms with Crippen LogP contribution in [0.2, 0.25) is 5.02 Å². The van der Waals surface area contributed by atoms with Crippen molar-refractivity contribution in [3.63, 3.8) is 0 Å². The van der Waals surface area contributed by atoms with Gasteiger partial charge in [0.2, 0.25) is 9.84 Å². The van der Waals surface area contributed by atoms with E-state index in [1.165, 1.54) is 30.3 Å². The minimum absolute atomic E-state index is 0.0130. The van der Waals surface area contributed by atoms with Crippen LogP contribution in [0.15, 0.2) is 76.5 Å². The number of carbonyl (C=O) groups excluding carboxylic acids is 3. The monoisotopic (exact) mass is 469 g/mol. The van der Waals surface area contributed by atoms with E-state index in [1.54, 1.807) is 30.3 Å². The van der Waals surface area contributed by atoms with Crippen molar-refractivity contribution in [2.75, 3.05) is 6.61 Å². The van der Waals surface area contributed by atoms with E-state index in [-0.39, 0.29) is 33.0 Å². The Bertz CT molecular complexity index is 1350. The molecular weight excluding hydrogens is 454 g/mol. The molecule has 9 heteroatoms. The van der Waals surface area contributed by atoms with E-state index in [1.807, 2.05) is 0 Å². The summed E-state index contributed by atoms with van der Waals surface area (Å²) in [5.41, 5.74) is 0.817. The molecule has 1 aliphatic rings. The van der Waals surface area contributed by atoms with Gasteiger partial charge in [-0.05, 0) is 48.0 Å². The number of hydrogen-bond donors (Lipinski definition) is 1. The normalized spacial score (nSPS) is 13.6. The van der Waals surface area contributed by atoms with Gasteiger partial charge in [0.15, 0.2) is 12.4 Å². The summed E-state index contributed by atoms with van der Waals surface area (Å²) in [5, 5.41) is 3.18. The largest absolute Gasteiger partial charge is 0.452 e. The molecule has 0 aromatic heterocycles. The predicted molar refractivity (Wildman–Crippen MR) is 115 cm³/mol. The number of carbonyl (C=O) groups is 3. The molecular formula is C23H16ClNO6S. The lowest BCUT2D eigenvalue weighted by atomic mass is 10.0. The summed E-state index contributed by atoms with van der Waals surface area (Å²) in [7, 11) is -3.98. The number of ketones is 1. The van der Waals surface area contributed by atoms with Crippen molar-refractivity contribution in [1.82, 2.24) is 5.32 Å². The van der Waals surface area contributed by atoms with E-state index < -0.39 is 34.1 Å². The molecule has 4 rings (SSSR count). The highest BCUT2D eigenvalue weighted by Crippen LogP contribution is 2.34. The number of esters is 1. The molecule has 3 aromatic rings. The first-order valence-electron chi connectivity index (χ1n) is 9.48. The smallest absolute Gasteiger partial charge is 0.338 e. The average Bonchev–Trinajstić information content (AvgIpc) is 2.80. The maximum atomic E-state index is 12.9. The number of hydrogen-bond acceptors (Lipinski definition) is 6. The summed E-state index contributed by atoms with van der Waals surface area (Å²) in [4.78, 5) is 36.7. The van der Waals surface area contributed by atoms with Gasteiger partial charge in [-0.1, -0.05) is 35.9 Å². The first-order valence-corrected chi connectivity index (χ1v) is 11.3. The van der Waals surface area contributed by atoms with E-state index in [4.69, 9.17) is 16.3 Å². The minimum Gasteiger partial charge on any atom is -0.452 e. The number of nitrogens with one attached hydrogen (secondary N) is 1. The highest BCUT2D eigenvalue weighted by molar-refractivity contribution is 7.91. The molecule has 32 heavy (non-hydrogen) atoms. The van der Waals surface area contributed by atoms with Crippen molar-refractivity contribution < 1.29 is 27.5 Å². The van der Waals surface area contributed by atoms with Crippen LogP contribution in [0, 0.1) is 0 Å². The third-order valence-electron chi connectivity index (χ3n) is 4.91. The maximum absolute atomic E-state index is 12.9. The highest BCUT2D eigenvalue weighted by atomic mass is 35.5. The van der Waals surface area contributed by atoms with Crippen LogP contribution >= 0.6 is 11.6 Å². The summed E-state index contributed by atoms with van der Waals surface area (Å²) in [6.45, 7) is -0.315. The van der Waals surface area contributed by atoms with Crippen LogP contribution in [0.1, 0.15) is 31.8 Å². The number of halogens is 1. The summed E-state index contributed by atoms with van der Waals surface area (Å²) in [6, 6.07) is 16.5. The van der Waals surface area contributed by atoms with Gasteiger partial charge in [-0.15, -0.1) is 0 Å². The van der Waals surface area contributed by atoms with Gasteiger partial charge < -0.3 is 10.1 Å². The Morgan fingerprint density at radius 2 is 1.59 bits per heavy atom. The Morgan fingerprint density at radius 3 is 2.34 bits per heavy atom. The molecule has 0 aliphatic carbocycles. The zero-order chi connectivity index (χ0) is 22.9. The molecule has 0 saturated heterocycles. The van der Waals surface area contributed by atoms with Gasteiger partial charge >= 0.3 is 5.97 Å². The van der Waals surface area contributed by atoms with Gasteiger partial charge in [-0.3, -0.25) is 9.59 Å². The van der Waals surface area contributed by atoms with Crippen LogP contribution in [0.4, 0.5) is 0 Å². The zero-order valence-corrected chi connectivity index (χ0v) is 18.1. The lowest BCUT2D eigenvalue weighted by molar-refractivity contribution is -0.124. The number of benzene rings is 3. The SMILES string of the molecule is O=C(COC(=O)c1ccc2c(c1)S(=O)(=O)c1ccccc1C2=O)NCc1ccc(Cl)cc1. The number of fused-ring (bicyclic) bond motifs is 2. The molecule has 0 spiro atoms. The topological polar surface area (TPSA) is 107 Å². The van der Waals surface area contributed by atoms with Gasteiger partial charge in [-0.25, -0.2) is 13.2 Å². The molecule has 0 atom stereocenters. The summed E-state index contributed by atoms with van der Waals surface area (Å²) < 4.78 is 30.9. The third-order valence-corrected chi connectivity index (χ3v) is 7.01. The lowest BCUT2D eigenvalue weighted by Crippen LogP contribution is -2.28. The Labute approximate surface area is 188 Å². The van der Waals surface area contributed by atoms with Crippen LogP contribution in [0.25, 0.3) is 0 Å². The Balaban J connectivity index is 1.45. The van der Waals surface area contributed by atoms with E-state index >= 15 is 0 Å². The van der Waals surface area contributed by atoms with Gasteiger partial charge in [0.25, 0.3) is 5.91 Å². The van der Waals surface area contributed by atoms with Crippen molar-refractivity contribution >= 4 is 39.1 Å². The van der Waals surface area contributed by atoms with Crippen molar-refractivity contribution in [2.24, 2.45) is 0 Å². The fourth-order valence-electron chi connectivity index (χ4n) is 3.28. The molecule has 0 radical (unpaired) electrons. The van der Waals surface area contributed by atoms with Gasteiger partial charge in [0, 0.05) is 22.7 Å². The fourth-order valence-corrected chi connectivity index (χ4v) is 5.08. The van der Waals surface area contributed by atoms with Crippen molar-refractivity contribution in [3.05, 3.63) is 94.0 Å². The fraction of sp³-hybridized carbons (Fsp3) is 0.0870. The van der Waals surface area contributed by atoms with Crippen LogP contribution < -0.4 is 5.32 Å². The molecule has 162 valence electrons. The van der Waals surface area contributed by atoms with Crippen LogP contribution in [0.5, 0.6) is 0 Å². The van der Waals surface area contributed by atoms with Crippen molar-refractivity contribution in [3.8, 4) is 0 Å². The maximum Gasteiger partial charge on any atom is 0.338 e. The van der Waals surface area contributed by atoms with E-state index in [0.717, 1.165) is 11.6 Å². The molecule has 0 saturated carbocycles. The Hall–Kier alpha value is -3.49.